The number of carboxylic acid groups (broad SMARTS) is 1. The zero-order chi connectivity index (χ0) is 22.9. The number of aliphatic carboxylic acids is 1. The predicted octanol–water partition coefficient (Wildman–Crippen LogP) is 3.77. The van der Waals surface area contributed by atoms with Crippen LogP contribution in [0.25, 0.3) is 11.1 Å². The molecule has 32 heavy (non-hydrogen) atoms. The van der Waals surface area contributed by atoms with E-state index in [1.165, 1.54) is 4.90 Å². The van der Waals surface area contributed by atoms with Gasteiger partial charge >= 0.3 is 12.1 Å². The van der Waals surface area contributed by atoms with Crippen LogP contribution >= 0.6 is 0 Å². The molecule has 0 heterocycles. The average molecular weight is 437 g/mol. The fraction of sp³-hybridized carbons (Fsp3) is 0.400. The van der Waals surface area contributed by atoms with Crippen molar-refractivity contribution in [3.63, 3.8) is 0 Å². The molecule has 7 nitrogen and oxygen atoms in total. The zero-order valence-corrected chi connectivity index (χ0v) is 18.3. The number of amides is 2. The average Bonchev–Trinajstić information content (AvgIpc) is 3.42. The third kappa shape index (κ3) is 4.47. The third-order valence-electron chi connectivity index (χ3n) is 6.30. The van der Waals surface area contributed by atoms with E-state index in [0.717, 1.165) is 22.3 Å². The number of carboxylic acids is 1. The Kier molecular flexibility index (Phi) is 5.91. The highest BCUT2D eigenvalue weighted by molar-refractivity contribution is 5.84. The highest BCUT2D eigenvalue weighted by atomic mass is 16.5. The molecule has 0 atom stereocenters. The SMILES string of the molecule is CC(C)N(CC(=O)O)C(=O)CC1(NC(=O)OCC2c3ccccc3-c3ccccc32)CC1. The van der Waals surface area contributed by atoms with Gasteiger partial charge in [0.2, 0.25) is 5.91 Å². The van der Waals surface area contributed by atoms with Crippen LogP contribution in [-0.2, 0) is 14.3 Å². The molecule has 2 aromatic rings. The lowest BCUT2D eigenvalue weighted by atomic mass is 9.98. The molecule has 4 rings (SSSR count). The quantitative estimate of drug-likeness (QED) is 0.657. The van der Waals surface area contributed by atoms with E-state index in [1.54, 1.807) is 13.8 Å². The van der Waals surface area contributed by atoms with E-state index in [-0.39, 0.29) is 37.4 Å². The van der Waals surface area contributed by atoms with Gasteiger partial charge in [0, 0.05) is 12.0 Å². The van der Waals surface area contributed by atoms with Crippen molar-refractivity contribution in [1.29, 1.82) is 0 Å². The van der Waals surface area contributed by atoms with Crippen molar-refractivity contribution in [2.24, 2.45) is 0 Å². The van der Waals surface area contributed by atoms with Crippen LogP contribution in [0.1, 0.15) is 50.2 Å². The summed E-state index contributed by atoms with van der Waals surface area (Å²) >= 11 is 0. The van der Waals surface area contributed by atoms with Crippen LogP contribution in [0.15, 0.2) is 48.5 Å². The Morgan fingerprint density at radius 3 is 2.12 bits per heavy atom. The Labute approximate surface area is 187 Å². The number of alkyl carbamates (subject to hydrolysis) is 1. The molecule has 2 aliphatic carbocycles. The molecular formula is C25H28N2O5. The lowest BCUT2D eigenvalue weighted by Crippen LogP contribution is -2.46. The summed E-state index contributed by atoms with van der Waals surface area (Å²) in [6, 6.07) is 16.0. The van der Waals surface area contributed by atoms with Gasteiger partial charge in [-0.25, -0.2) is 4.79 Å². The van der Waals surface area contributed by atoms with Crippen LogP contribution < -0.4 is 5.32 Å². The fourth-order valence-electron chi connectivity index (χ4n) is 4.44. The van der Waals surface area contributed by atoms with Crippen molar-refractivity contribution in [3.8, 4) is 11.1 Å². The summed E-state index contributed by atoms with van der Waals surface area (Å²) < 4.78 is 5.60. The smallest absolute Gasteiger partial charge is 0.407 e. The molecule has 0 bridgehead atoms. The van der Waals surface area contributed by atoms with E-state index in [0.29, 0.717) is 12.8 Å². The maximum Gasteiger partial charge on any atom is 0.407 e. The molecule has 0 radical (unpaired) electrons. The van der Waals surface area contributed by atoms with Crippen molar-refractivity contribution < 1.29 is 24.2 Å². The fourth-order valence-corrected chi connectivity index (χ4v) is 4.44. The first-order valence-electron chi connectivity index (χ1n) is 10.9. The second-order valence-electron chi connectivity index (χ2n) is 8.92. The van der Waals surface area contributed by atoms with Gasteiger partial charge in [-0.3, -0.25) is 9.59 Å². The van der Waals surface area contributed by atoms with Crippen LogP contribution in [0.2, 0.25) is 0 Å². The molecule has 168 valence electrons. The van der Waals surface area contributed by atoms with Gasteiger partial charge in [0.05, 0.1) is 12.0 Å². The molecule has 0 saturated heterocycles. The normalized spacial score (nSPS) is 15.6. The van der Waals surface area contributed by atoms with Crippen LogP contribution in [0, 0.1) is 0 Å². The minimum atomic E-state index is -1.05. The first kappa shape index (κ1) is 21.9. The number of nitrogens with zero attached hydrogens (tertiary/aromatic N) is 1. The summed E-state index contributed by atoms with van der Waals surface area (Å²) in [6.45, 7) is 3.41. The molecule has 7 heteroatoms. The molecule has 0 aromatic heterocycles. The van der Waals surface area contributed by atoms with E-state index in [2.05, 4.69) is 29.6 Å². The summed E-state index contributed by atoms with van der Waals surface area (Å²) in [5.41, 5.74) is 3.95. The molecule has 2 N–H and O–H groups in total. The lowest BCUT2D eigenvalue weighted by molar-refractivity contribution is -0.146. The summed E-state index contributed by atoms with van der Waals surface area (Å²) in [4.78, 5) is 37.7. The van der Waals surface area contributed by atoms with Crippen molar-refractivity contribution in [2.75, 3.05) is 13.2 Å². The standard InChI is InChI=1S/C25H28N2O5/c1-16(2)27(14-23(29)30)22(28)13-25(11-12-25)26-24(31)32-15-21-19-9-5-3-7-17(19)18-8-4-6-10-20(18)21/h3-10,16,21H,11-15H2,1-2H3,(H,26,31)(H,29,30). The Morgan fingerprint density at radius 2 is 1.62 bits per heavy atom. The van der Waals surface area contributed by atoms with Crippen LogP contribution in [-0.4, -0.2) is 52.7 Å². The van der Waals surface area contributed by atoms with Gasteiger partial charge in [-0.1, -0.05) is 48.5 Å². The van der Waals surface area contributed by atoms with E-state index in [4.69, 9.17) is 9.84 Å². The third-order valence-corrected chi connectivity index (χ3v) is 6.30. The molecule has 2 aromatic carbocycles. The van der Waals surface area contributed by atoms with Crippen molar-refractivity contribution >= 4 is 18.0 Å². The number of hydrogen-bond acceptors (Lipinski definition) is 4. The maximum absolute atomic E-state index is 12.7. The summed E-state index contributed by atoms with van der Waals surface area (Å²) in [5, 5.41) is 11.9. The number of carbonyl (C=O) groups is 3. The maximum atomic E-state index is 12.7. The number of benzene rings is 2. The summed E-state index contributed by atoms with van der Waals surface area (Å²) in [7, 11) is 0. The molecule has 0 spiro atoms. The number of fused-ring (bicyclic) bond motifs is 3. The molecule has 0 unspecified atom stereocenters. The first-order chi connectivity index (χ1) is 15.3. The van der Waals surface area contributed by atoms with Gasteiger partial charge in [-0.05, 0) is 48.9 Å². The van der Waals surface area contributed by atoms with E-state index < -0.39 is 17.6 Å². The Hall–Kier alpha value is -3.35. The lowest BCUT2D eigenvalue weighted by Gasteiger charge is -2.27. The van der Waals surface area contributed by atoms with Gasteiger partial charge < -0.3 is 20.1 Å². The van der Waals surface area contributed by atoms with E-state index in [1.807, 2.05) is 24.3 Å². The second kappa shape index (κ2) is 8.65. The molecule has 2 amide bonds. The molecule has 2 aliphatic rings. The minimum Gasteiger partial charge on any atom is -0.480 e. The van der Waals surface area contributed by atoms with E-state index in [9.17, 15) is 14.4 Å². The predicted molar refractivity (Wildman–Crippen MR) is 119 cm³/mol. The Balaban J connectivity index is 1.37. The van der Waals surface area contributed by atoms with Gasteiger partial charge in [-0.2, -0.15) is 0 Å². The van der Waals surface area contributed by atoms with Gasteiger partial charge in [-0.15, -0.1) is 0 Å². The summed E-state index contributed by atoms with van der Waals surface area (Å²) in [6.07, 6.45) is 0.860. The monoisotopic (exact) mass is 436 g/mol. The molecule has 1 saturated carbocycles. The van der Waals surface area contributed by atoms with E-state index >= 15 is 0 Å². The zero-order valence-electron chi connectivity index (χ0n) is 18.3. The van der Waals surface area contributed by atoms with Crippen molar-refractivity contribution in [3.05, 3.63) is 59.7 Å². The van der Waals surface area contributed by atoms with Crippen LogP contribution in [0.4, 0.5) is 4.79 Å². The summed E-state index contributed by atoms with van der Waals surface area (Å²) in [5.74, 6) is -1.36. The molecular weight excluding hydrogens is 408 g/mol. The van der Waals surface area contributed by atoms with Gasteiger partial charge in [0.25, 0.3) is 0 Å². The highest BCUT2D eigenvalue weighted by Crippen LogP contribution is 2.44. The van der Waals surface area contributed by atoms with Crippen LogP contribution in [0.5, 0.6) is 0 Å². The van der Waals surface area contributed by atoms with Crippen molar-refractivity contribution in [1.82, 2.24) is 10.2 Å². The van der Waals surface area contributed by atoms with Gasteiger partial charge in [0.1, 0.15) is 13.2 Å². The molecule has 1 fully saturated rings. The number of carbonyl (C=O) groups excluding carboxylic acids is 2. The second-order valence-corrected chi connectivity index (χ2v) is 8.92. The largest absolute Gasteiger partial charge is 0.480 e. The number of nitrogens with one attached hydrogen (secondary N) is 1. The Bertz CT molecular complexity index is 999. The topological polar surface area (TPSA) is 95.9 Å². The first-order valence-corrected chi connectivity index (χ1v) is 10.9. The van der Waals surface area contributed by atoms with Crippen LogP contribution in [0.3, 0.4) is 0 Å². The molecule has 0 aliphatic heterocycles. The minimum absolute atomic E-state index is 0.0306. The van der Waals surface area contributed by atoms with Gasteiger partial charge in [0.15, 0.2) is 0 Å². The highest BCUT2D eigenvalue weighted by Gasteiger charge is 2.47. The van der Waals surface area contributed by atoms with Crippen molar-refractivity contribution in [2.45, 2.75) is 50.6 Å². The number of rotatable bonds is 8. The number of hydrogen-bond donors (Lipinski definition) is 2. The number of ether oxygens (including phenoxy) is 1. The Morgan fingerprint density at radius 1 is 1.06 bits per heavy atom.